The summed E-state index contributed by atoms with van der Waals surface area (Å²) in [6.07, 6.45) is 3.49. The Balaban J connectivity index is 1.73. The molecule has 2 heterocycles. The number of likely N-dealkylation sites (tertiary alicyclic amines) is 1. The van der Waals surface area contributed by atoms with E-state index in [0.29, 0.717) is 18.7 Å². The first kappa shape index (κ1) is 17.1. The standard InChI is InChI=1S/C19H20FN3O2/c1-13(24)21-11-14-4-9-17(22-12-14)18-3-2-10-23(18)19(25)15-5-7-16(20)8-6-15/h4-9,12,18H,2-3,10-11H2,1H3,(H,21,24). The molecule has 1 unspecified atom stereocenters. The predicted molar refractivity (Wildman–Crippen MR) is 91.2 cm³/mol. The monoisotopic (exact) mass is 341 g/mol. The highest BCUT2D eigenvalue weighted by Gasteiger charge is 2.31. The minimum absolute atomic E-state index is 0.0765. The van der Waals surface area contributed by atoms with E-state index in [9.17, 15) is 14.0 Å². The van der Waals surface area contributed by atoms with Gasteiger partial charge in [0.05, 0.1) is 11.7 Å². The first-order valence-corrected chi connectivity index (χ1v) is 8.30. The van der Waals surface area contributed by atoms with Crippen LogP contribution in [0.4, 0.5) is 4.39 Å². The van der Waals surface area contributed by atoms with E-state index in [2.05, 4.69) is 10.3 Å². The van der Waals surface area contributed by atoms with Crippen LogP contribution in [0.2, 0.25) is 0 Å². The van der Waals surface area contributed by atoms with Crippen LogP contribution in [0.1, 0.15) is 47.4 Å². The second kappa shape index (κ2) is 7.42. The zero-order valence-corrected chi connectivity index (χ0v) is 14.0. The summed E-state index contributed by atoms with van der Waals surface area (Å²) in [6, 6.07) is 9.36. The third kappa shape index (κ3) is 4.02. The summed E-state index contributed by atoms with van der Waals surface area (Å²) in [7, 11) is 0. The summed E-state index contributed by atoms with van der Waals surface area (Å²) in [5.74, 6) is -0.548. The molecule has 25 heavy (non-hydrogen) atoms. The van der Waals surface area contributed by atoms with E-state index in [1.54, 1.807) is 11.1 Å². The summed E-state index contributed by atoms with van der Waals surface area (Å²) in [6.45, 7) is 2.57. The maximum atomic E-state index is 13.1. The van der Waals surface area contributed by atoms with Gasteiger partial charge in [0.15, 0.2) is 0 Å². The van der Waals surface area contributed by atoms with Gasteiger partial charge in [-0.1, -0.05) is 6.07 Å². The van der Waals surface area contributed by atoms with Crippen LogP contribution in [-0.4, -0.2) is 28.2 Å². The number of carbonyl (C=O) groups excluding carboxylic acids is 2. The van der Waals surface area contributed by atoms with Crippen molar-refractivity contribution in [2.24, 2.45) is 0 Å². The molecule has 1 atom stereocenters. The molecular weight excluding hydrogens is 321 g/mol. The third-order valence-corrected chi connectivity index (χ3v) is 4.34. The number of rotatable bonds is 4. The van der Waals surface area contributed by atoms with Crippen molar-refractivity contribution in [1.29, 1.82) is 0 Å². The van der Waals surface area contributed by atoms with Gasteiger partial charge in [-0.25, -0.2) is 4.39 Å². The Kier molecular flexibility index (Phi) is 5.07. The molecule has 1 aromatic heterocycles. The molecule has 2 aromatic rings. The highest BCUT2D eigenvalue weighted by atomic mass is 19.1. The Morgan fingerprint density at radius 3 is 2.64 bits per heavy atom. The molecule has 0 radical (unpaired) electrons. The number of hydrogen-bond acceptors (Lipinski definition) is 3. The van der Waals surface area contributed by atoms with Crippen molar-refractivity contribution in [2.45, 2.75) is 32.4 Å². The Morgan fingerprint density at radius 1 is 1.24 bits per heavy atom. The molecule has 5 nitrogen and oxygen atoms in total. The van der Waals surface area contributed by atoms with Crippen molar-refractivity contribution in [3.05, 3.63) is 65.2 Å². The summed E-state index contributed by atoms with van der Waals surface area (Å²) in [5, 5.41) is 2.73. The van der Waals surface area contributed by atoms with Gasteiger partial charge in [-0.05, 0) is 48.7 Å². The fourth-order valence-electron chi connectivity index (χ4n) is 3.04. The lowest BCUT2D eigenvalue weighted by molar-refractivity contribution is -0.119. The van der Waals surface area contributed by atoms with Crippen molar-refractivity contribution < 1.29 is 14.0 Å². The SMILES string of the molecule is CC(=O)NCc1ccc(C2CCCN2C(=O)c2ccc(F)cc2)nc1. The molecule has 1 aliphatic rings. The van der Waals surface area contributed by atoms with Crippen molar-refractivity contribution in [3.63, 3.8) is 0 Å². The van der Waals surface area contributed by atoms with Crippen LogP contribution in [0.25, 0.3) is 0 Å². The number of pyridine rings is 1. The van der Waals surface area contributed by atoms with Crippen LogP contribution in [-0.2, 0) is 11.3 Å². The van der Waals surface area contributed by atoms with E-state index in [1.807, 2.05) is 12.1 Å². The van der Waals surface area contributed by atoms with E-state index in [-0.39, 0.29) is 23.7 Å². The number of amides is 2. The second-order valence-corrected chi connectivity index (χ2v) is 6.16. The smallest absolute Gasteiger partial charge is 0.254 e. The van der Waals surface area contributed by atoms with Gasteiger partial charge in [-0.3, -0.25) is 14.6 Å². The van der Waals surface area contributed by atoms with Gasteiger partial charge < -0.3 is 10.2 Å². The van der Waals surface area contributed by atoms with Gasteiger partial charge in [0, 0.05) is 31.8 Å². The summed E-state index contributed by atoms with van der Waals surface area (Å²) < 4.78 is 13.1. The minimum atomic E-state index is -0.356. The van der Waals surface area contributed by atoms with Gasteiger partial charge in [0.1, 0.15) is 5.82 Å². The average Bonchev–Trinajstić information content (AvgIpc) is 3.10. The van der Waals surface area contributed by atoms with Gasteiger partial charge in [0.2, 0.25) is 5.91 Å². The number of benzene rings is 1. The Hall–Kier alpha value is -2.76. The van der Waals surface area contributed by atoms with Crippen LogP contribution in [0.3, 0.4) is 0 Å². The second-order valence-electron chi connectivity index (χ2n) is 6.16. The third-order valence-electron chi connectivity index (χ3n) is 4.34. The van der Waals surface area contributed by atoms with Gasteiger partial charge >= 0.3 is 0 Å². The topological polar surface area (TPSA) is 62.3 Å². The maximum absolute atomic E-state index is 13.1. The molecule has 130 valence electrons. The Bertz CT molecular complexity index is 759. The molecule has 1 aliphatic heterocycles. The van der Waals surface area contributed by atoms with Crippen molar-refractivity contribution in [3.8, 4) is 0 Å². The van der Waals surface area contributed by atoms with E-state index >= 15 is 0 Å². The molecular formula is C19H20FN3O2. The van der Waals surface area contributed by atoms with E-state index in [0.717, 1.165) is 24.1 Å². The van der Waals surface area contributed by atoms with Gasteiger partial charge in [-0.2, -0.15) is 0 Å². The zero-order chi connectivity index (χ0) is 17.8. The summed E-state index contributed by atoms with van der Waals surface area (Å²) >= 11 is 0. The number of aromatic nitrogens is 1. The lowest BCUT2D eigenvalue weighted by atomic mass is 10.1. The lowest BCUT2D eigenvalue weighted by Gasteiger charge is -2.24. The lowest BCUT2D eigenvalue weighted by Crippen LogP contribution is -2.31. The van der Waals surface area contributed by atoms with E-state index in [4.69, 9.17) is 0 Å². The Labute approximate surface area is 145 Å². The largest absolute Gasteiger partial charge is 0.352 e. The van der Waals surface area contributed by atoms with E-state index < -0.39 is 0 Å². The first-order valence-electron chi connectivity index (χ1n) is 8.30. The highest BCUT2D eigenvalue weighted by molar-refractivity contribution is 5.94. The van der Waals surface area contributed by atoms with Crippen LogP contribution < -0.4 is 5.32 Å². The first-order chi connectivity index (χ1) is 12.0. The predicted octanol–water partition coefficient (Wildman–Crippen LogP) is 2.83. The highest BCUT2D eigenvalue weighted by Crippen LogP contribution is 2.32. The van der Waals surface area contributed by atoms with Crippen molar-refractivity contribution in [1.82, 2.24) is 15.2 Å². The number of halogens is 1. The fourth-order valence-corrected chi connectivity index (χ4v) is 3.04. The normalized spacial score (nSPS) is 16.7. The molecule has 3 rings (SSSR count). The molecule has 1 aromatic carbocycles. The molecule has 2 amide bonds. The number of nitrogens with zero attached hydrogens (tertiary/aromatic N) is 2. The maximum Gasteiger partial charge on any atom is 0.254 e. The van der Waals surface area contributed by atoms with Gasteiger partial charge in [-0.15, -0.1) is 0 Å². The molecule has 0 spiro atoms. The fraction of sp³-hybridized carbons (Fsp3) is 0.316. The Morgan fingerprint density at radius 2 is 2.00 bits per heavy atom. The molecule has 1 saturated heterocycles. The molecule has 6 heteroatoms. The molecule has 0 bridgehead atoms. The number of nitrogens with one attached hydrogen (secondary N) is 1. The van der Waals surface area contributed by atoms with Crippen molar-refractivity contribution in [2.75, 3.05) is 6.54 Å². The van der Waals surface area contributed by atoms with Crippen LogP contribution in [0, 0.1) is 5.82 Å². The van der Waals surface area contributed by atoms with Gasteiger partial charge in [0.25, 0.3) is 5.91 Å². The van der Waals surface area contributed by atoms with E-state index in [1.165, 1.54) is 31.2 Å². The van der Waals surface area contributed by atoms with Crippen LogP contribution >= 0.6 is 0 Å². The number of carbonyl (C=O) groups is 2. The van der Waals surface area contributed by atoms with Crippen LogP contribution in [0.5, 0.6) is 0 Å². The quantitative estimate of drug-likeness (QED) is 0.930. The summed E-state index contributed by atoms with van der Waals surface area (Å²) in [4.78, 5) is 30.0. The van der Waals surface area contributed by atoms with Crippen molar-refractivity contribution >= 4 is 11.8 Å². The number of hydrogen-bond donors (Lipinski definition) is 1. The molecule has 0 aliphatic carbocycles. The zero-order valence-electron chi connectivity index (χ0n) is 14.0. The van der Waals surface area contributed by atoms with Crippen LogP contribution in [0.15, 0.2) is 42.6 Å². The average molecular weight is 341 g/mol. The summed E-state index contributed by atoms with van der Waals surface area (Å²) in [5.41, 5.74) is 2.23. The molecule has 1 fully saturated rings. The minimum Gasteiger partial charge on any atom is -0.352 e. The molecule has 0 saturated carbocycles. The molecule has 1 N–H and O–H groups in total.